The van der Waals surface area contributed by atoms with Crippen molar-refractivity contribution in [3.8, 4) is 0 Å². The van der Waals surface area contributed by atoms with E-state index in [-0.39, 0.29) is 5.41 Å². The van der Waals surface area contributed by atoms with Crippen LogP contribution in [0.3, 0.4) is 0 Å². The van der Waals surface area contributed by atoms with E-state index in [1.165, 1.54) is 53.3 Å². The molecule has 1 N–H and O–H groups in total. The summed E-state index contributed by atoms with van der Waals surface area (Å²) in [5, 5.41) is 1.32. The second-order valence-electron chi connectivity index (χ2n) is 8.27. The van der Waals surface area contributed by atoms with E-state index in [0.29, 0.717) is 0 Å². The molecule has 4 rings (SSSR count). The first-order chi connectivity index (χ1) is 14.3. The summed E-state index contributed by atoms with van der Waals surface area (Å²) in [7, 11) is 0. The summed E-state index contributed by atoms with van der Waals surface area (Å²) in [5.74, 6) is 0. The maximum Gasteiger partial charge on any atom is 0.0454 e. The molecule has 4 aromatic rings. The molecule has 0 saturated carbocycles. The first kappa shape index (κ1) is 19.5. The van der Waals surface area contributed by atoms with Gasteiger partial charge < -0.3 is 4.98 Å². The minimum absolute atomic E-state index is 0.184. The van der Waals surface area contributed by atoms with E-state index < -0.39 is 0 Å². The third-order valence-corrected chi connectivity index (χ3v) is 6.44. The molecule has 1 nitrogen and oxygen atoms in total. The van der Waals surface area contributed by atoms with Crippen LogP contribution in [0.15, 0.2) is 91.1 Å². The maximum atomic E-state index is 3.34. The van der Waals surface area contributed by atoms with Crippen molar-refractivity contribution in [2.24, 2.45) is 0 Å². The Labute approximate surface area is 174 Å². The molecule has 148 valence electrons. The van der Waals surface area contributed by atoms with Crippen LogP contribution in [0.2, 0.25) is 0 Å². The van der Waals surface area contributed by atoms with Gasteiger partial charge in [-0.3, -0.25) is 0 Å². The molecule has 0 fully saturated rings. The largest absolute Gasteiger partial charge is 0.361 e. The monoisotopic (exact) mass is 381 g/mol. The number of rotatable bonds is 9. The van der Waals surface area contributed by atoms with E-state index in [0.717, 1.165) is 12.8 Å². The van der Waals surface area contributed by atoms with Crippen molar-refractivity contribution in [1.29, 1.82) is 0 Å². The highest BCUT2D eigenvalue weighted by Crippen LogP contribution is 2.38. The highest BCUT2D eigenvalue weighted by molar-refractivity contribution is 5.80. The zero-order valence-corrected chi connectivity index (χ0v) is 17.4. The fraction of sp³-hybridized carbons (Fsp3) is 0.286. The van der Waals surface area contributed by atoms with Crippen molar-refractivity contribution < 1.29 is 0 Å². The van der Waals surface area contributed by atoms with Crippen molar-refractivity contribution in [3.05, 3.63) is 108 Å². The molecule has 1 heteroatoms. The van der Waals surface area contributed by atoms with Crippen molar-refractivity contribution in [1.82, 2.24) is 4.98 Å². The minimum Gasteiger partial charge on any atom is -0.361 e. The predicted octanol–water partition coefficient (Wildman–Crippen LogP) is 7.47. The lowest BCUT2D eigenvalue weighted by molar-refractivity contribution is 0.361. The fourth-order valence-corrected chi connectivity index (χ4v) is 4.65. The Morgan fingerprint density at radius 2 is 1.48 bits per heavy atom. The van der Waals surface area contributed by atoms with Gasteiger partial charge in [-0.1, -0.05) is 80.1 Å². The number of aromatic nitrogens is 1. The van der Waals surface area contributed by atoms with Crippen LogP contribution in [-0.4, -0.2) is 4.98 Å². The second kappa shape index (κ2) is 9.13. The molecule has 0 bridgehead atoms. The lowest BCUT2D eigenvalue weighted by atomic mass is 9.70. The quantitative estimate of drug-likeness (QED) is 0.289. The van der Waals surface area contributed by atoms with Gasteiger partial charge in [-0.25, -0.2) is 0 Å². The zero-order valence-electron chi connectivity index (χ0n) is 17.4. The van der Waals surface area contributed by atoms with Crippen molar-refractivity contribution in [2.45, 2.75) is 50.9 Å². The highest BCUT2D eigenvalue weighted by Gasteiger charge is 2.30. The van der Waals surface area contributed by atoms with Crippen LogP contribution in [0, 0.1) is 0 Å². The van der Waals surface area contributed by atoms with Crippen LogP contribution < -0.4 is 0 Å². The number of nitrogens with one attached hydrogen (secondary N) is 1. The molecule has 0 spiro atoms. The van der Waals surface area contributed by atoms with Gasteiger partial charge in [0.25, 0.3) is 0 Å². The van der Waals surface area contributed by atoms with Gasteiger partial charge in [0, 0.05) is 11.7 Å². The summed E-state index contributed by atoms with van der Waals surface area (Å²) < 4.78 is 0. The summed E-state index contributed by atoms with van der Waals surface area (Å²) in [6.07, 6.45) is 9.19. The van der Waals surface area contributed by atoms with E-state index in [9.17, 15) is 0 Å². The van der Waals surface area contributed by atoms with E-state index >= 15 is 0 Å². The molecule has 1 heterocycles. The van der Waals surface area contributed by atoms with Crippen LogP contribution in [0.5, 0.6) is 0 Å². The normalized spacial score (nSPS) is 13.4. The van der Waals surface area contributed by atoms with E-state index in [1.807, 2.05) is 6.20 Å². The molecule has 0 aliphatic heterocycles. The van der Waals surface area contributed by atoms with Gasteiger partial charge >= 0.3 is 0 Å². The van der Waals surface area contributed by atoms with Gasteiger partial charge in [0.05, 0.1) is 0 Å². The Morgan fingerprint density at radius 1 is 0.759 bits per heavy atom. The molecule has 0 amide bonds. The number of hydrogen-bond donors (Lipinski definition) is 1. The van der Waals surface area contributed by atoms with E-state index in [1.54, 1.807) is 0 Å². The Balaban J connectivity index is 1.56. The average molecular weight is 382 g/mol. The molecule has 0 aliphatic carbocycles. The van der Waals surface area contributed by atoms with Crippen LogP contribution in [-0.2, 0) is 18.3 Å². The summed E-state index contributed by atoms with van der Waals surface area (Å²) in [6.45, 7) is 2.36. The van der Waals surface area contributed by atoms with Crippen molar-refractivity contribution >= 4 is 10.9 Å². The van der Waals surface area contributed by atoms with Gasteiger partial charge in [-0.2, -0.15) is 0 Å². The van der Waals surface area contributed by atoms with Crippen LogP contribution in [0.1, 0.15) is 49.3 Å². The highest BCUT2D eigenvalue weighted by atomic mass is 14.7. The standard InChI is InChI=1S/C28H31N/c1-2-28(22-24-14-7-4-8-15-24,19-10-9-13-23-11-5-3-6-12-23)26-16-17-27-25(21-26)18-20-29-27/h3-8,11-12,14-18,20-21,29H,2,9-10,13,19,22H2,1H3. The summed E-state index contributed by atoms with van der Waals surface area (Å²) in [6, 6.07) is 31.1. The lowest BCUT2D eigenvalue weighted by Crippen LogP contribution is -2.28. The molecule has 0 saturated heterocycles. The summed E-state index contributed by atoms with van der Waals surface area (Å²) >= 11 is 0. The number of fused-ring (bicyclic) bond motifs is 1. The van der Waals surface area contributed by atoms with Crippen LogP contribution >= 0.6 is 0 Å². The lowest BCUT2D eigenvalue weighted by Gasteiger charge is -2.34. The number of hydrogen-bond acceptors (Lipinski definition) is 0. The molecule has 1 unspecified atom stereocenters. The van der Waals surface area contributed by atoms with Crippen molar-refractivity contribution in [3.63, 3.8) is 0 Å². The molecule has 1 aromatic heterocycles. The molecule has 0 radical (unpaired) electrons. The van der Waals surface area contributed by atoms with Gasteiger partial charge in [-0.05, 0) is 77.8 Å². The average Bonchev–Trinajstić information content (AvgIpc) is 3.25. The summed E-state index contributed by atoms with van der Waals surface area (Å²) in [4.78, 5) is 3.34. The number of aryl methyl sites for hydroxylation is 1. The molecule has 29 heavy (non-hydrogen) atoms. The third-order valence-electron chi connectivity index (χ3n) is 6.44. The Hall–Kier alpha value is -2.80. The first-order valence-electron chi connectivity index (χ1n) is 10.9. The Bertz CT molecular complexity index is 1020. The molecular formula is C28H31N. The van der Waals surface area contributed by atoms with E-state index in [2.05, 4.69) is 96.8 Å². The zero-order chi connectivity index (χ0) is 19.9. The number of H-pyrrole nitrogens is 1. The van der Waals surface area contributed by atoms with Gasteiger partial charge in [-0.15, -0.1) is 0 Å². The predicted molar refractivity (Wildman–Crippen MR) is 124 cm³/mol. The maximum absolute atomic E-state index is 3.34. The molecule has 3 aromatic carbocycles. The fourth-order valence-electron chi connectivity index (χ4n) is 4.65. The third kappa shape index (κ3) is 4.62. The van der Waals surface area contributed by atoms with Gasteiger partial charge in [0.1, 0.15) is 0 Å². The molecular weight excluding hydrogens is 350 g/mol. The SMILES string of the molecule is CCC(CCCCc1ccccc1)(Cc1ccccc1)c1ccc2[nH]ccc2c1. The molecule has 1 atom stereocenters. The number of benzene rings is 3. The first-order valence-corrected chi connectivity index (χ1v) is 10.9. The smallest absolute Gasteiger partial charge is 0.0454 e. The van der Waals surface area contributed by atoms with E-state index in [4.69, 9.17) is 0 Å². The van der Waals surface area contributed by atoms with Crippen LogP contribution in [0.4, 0.5) is 0 Å². The molecule has 0 aliphatic rings. The Kier molecular flexibility index (Phi) is 6.14. The van der Waals surface area contributed by atoms with Gasteiger partial charge in [0.2, 0.25) is 0 Å². The minimum atomic E-state index is 0.184. The Morgan fingerprint density at radius 3 is 2.21 bits per heavy atom. The van der Waals surface area contributed by atoms with Crippen molar-refractivity contribution in [2.75, 3.05) is 0 Å². The van der Waals surface area contributed by atoms with Crippen LogP contribution in [0.25, 0.3) is 10.9 Å². The number of unbranched alkanes of at least 4 members (excludes halogenated alkanes) is 1. The summed E-state index contributed by atoms with van der Waals surface area (Å²) in [5.41, 5.74) is 5.78. The second-order valence-corrected chi connectivity index (χ2v) is 8.27. The number of aromatic amines is 1. The topological polar surface area (TPSA) is 15.8 Å². The van der Waals surface area contributed by atoms with Gasteiger partial charge in [0.15, 0.2) is 0 Å².